The van der Waals surface area contributed by atoms with E-state index in [1.807, 2.05) is 6.07 Å². The molecule has 15 heavy (non-hydrogen) atoms. The Morgan fingerprint density at radius 2 is 2.00 bits per heavy atom. The van der Waals surface area contributed by atoms with Gasteiger partial charge in [0.05, 0.1) is 17.6 Å². The number of nitrogens with one attached hydrogen (secondary N) is 1. The highest BCUT2D eigenvalue weighted by Gasteiger charge is 1.93. The topological polar surface area (TPSA) is 71.2 Å². The SMILES string of the molecule is Nc1cncc(NCCCCCCO)c1. The van der Waals surface area contributed by atoms with E-state index < -0.39 is 0 Å². The summed E-state index contributed by atoms with van der Waals surface area (Å²) in [6.07, 6.45) is 7.64. The fourth-order valence-corrected chi connectivity index (χ4v) is 1.38. The summed E-state index contributed by atoms with van der Waals surface area (Å²) in [7, 11) is 0. The Hall–Kier alpha value is -1.29. The molecule has 0 aliphatic carbocycles. The predicted molar refractivity (Wildman–Crippen MR) is 62.7 cm³/mol. The molecule has 0 aromatic carbocycles. The summed E-state index contributed by atoms with van der Waals surface area (Å²) in [5.41, 5.74) is 7.25. The molecule has 84 valence electrons. The van der Waals surface area contributed by atoms with Crippen molar-refractivity contribution < 1.29 is 5.11 Å². The first-order chi connectivity index (χ1) is 7.33. The van der Waals surface area contributed by atoms with Crippen LogP contribution in [0.4, 0.5) is 11.4 Å². The zero-order chi connectivity index (χ0) is 10.9. The number of hydrogen-bond donors (Lipinski definition) is 3. The van der Waals surface area contributed by atoms with Gasteiger partial charge in [-0.1, -0.05) is 12.8 Å². The summed E-state index contributed by atoms with van der Waals surface area (Å²) >= 11 is 0. The molecule has 0 amide bonds. The minimum atomic E-state index is 0.298. The maximum Gasteiger partial charge on any atom is 0.0547 e. The molecule has 0 fully saturated rings. The number of aliphatic hydroxyl groups is 1. The Balaban J connectivity index is 2.10. The minimum absolute atomic E-state index is 0.298. The third-order valence-corrected chi connectivity index (χ3v) is 2.17. The second-order valence-corrected chi connectivity index (χ2v) is 3.57. The van der Waals surface area contributed by atoms with Crippen LogP contribution in [0.15, 0.2) is 18.5 Å². The number of pyridine rings is 1. The first-order valence-electron chi connectivity index (χ1n) is 5.38. The molecule has 1 rings (SSSR count). The van der Waals surface area contributed by atoms with Crippen LogP contribution in [0.1, 0.15) is 25.7 Å². The summed E-state index contributed by atoms with van der Waals surface area (Å²) in [6.45, 7) is 1.23. The Bertz CT molecular complexity index is 278. The molecule has 0 radical (unpaired) electrons. The van der Waals surface area contributed by atoms with Crippen molar-refractivity contribution in [1.29, 1.82) is 0 Å². The Morgan fingerprint density at radius 1 is 1.20 bits per heavy atom. The van der Waals surface area contributed by atoms with Gasteiger partial charge in [-0.25, -0.2) is 0 Å². The van der Waals surface area contributed by atoms with E-state index in [4.69, 9.17) is 10.8 Å². The van der Waals surface area contributed by atoms with Gasteiger partial charge in [-0.2, -0.15) is 0 Å². The largest absolute Gasteiger partial charge is 0.397 e. The van der Waals surface area contributed by atoms with Crippen LogP contribution in [0.2, 0.25) is 0 Å². The molecule has 4 nitrogen and oxygen atoms in total. The number of nitrogen functional groups attached to an aromatic ring is 1. The number of anilines is 2. The monoisotopic (exact) mass is 209 g/mol. The summed E-state index contributed by atoms with van der Waals surface area (Å²) in [6, 6.07) is 1.88. The molecule has 0 aliphatic heterocycles. The van der Waals surface area contributed by atoms with Crippen LogP contribution in [0.3, 0.4) is 0 Å². The van der Waals surface area contributed by atoms with Crippen molar-refractivity contribution >= 4 is 11.4 Å². The standard InChI is InChI=1S/C11H19N3O/c12-10-7-11(9-13-8-10)14-5-3-1-2-4-6-15/h7-9,14-15H,1-6,12H2. The van der Waals surface area contributed by atoms with E-state index in [1.54, 1.807) is 12.4 Å². The van der Waals surface area contributed by atoms with Crippen LogP contribution in [0.25, 0.3) is 0 Å². The van der Waals surface area contributed by atoms with Crippen molar-refractivity contribution in [3.05, 3.63) is 18.5 Å². The van der Waals surface area contributed by atoms with Crippen LogP contribution < -0.4 is 11.1 Å². The zero-order valence-corrected chi connectivity index (χ0v) is 8.95. The lowest BCUT2D eigenvalue weighted by Crippen LogP contribution is -2.02. The van der Waals surface area contributed by atoms with Gasteiger partial charge in [0.2, 0.25) is 0 Å². The molecular formula is C11H19N3O. The molecular weight excluding hydrogens is 190 g/mol. The molecule has 1 heterocycles. The third kappa shape index (κ3) is 5.22. The Morgan fingerprint density at radius 3 is 2.73 bits per heavy atom. The molecule has 0 saturated carbocycles. The third-order valence-electron chi connectivity index (χ3n) is 2.17. The van der Waals surface area contributed by atoms with E-state index in [1.165, 1.54) is 0 Å². The number of aromatic nitrogens is 1. The van der Waals surface area contributed by atoms with Gasteiger partial charge in [-0.15, -0.1) is 0 Å². The van der Waals surface area contributed by atoms with Crippen LogP contribution in [0.5, 0.6) is 0 Å². The first-order valence-corrected chi connectivity index (χ1v) is 5.38. The van der Waals surface area contributed by atoms with Crippen LogP contribution in [0, 0.1) is 0 Å². The van der Waals surface area contributed by atoms with E-state index in [0.29, 0.717) is 12.3 Å². The van der Waals surface area contributed by atoms with E-state index in [0.717, 1.165) is 37.9 Å². The van der Waals surface area contributed by atoms with Crippen molar-refractivity contribution in [2.24, 2.45) is 0 Å². The maximum absolute atomic E-state index is 8.59. The van der Waals surface area contributed by atoms with Crippen molar-refractivity contribution in [3.63, 3.8) is 0 Å². The average molecular weight is 209 g/mol. The molecule has 1 aromatic heterocycles. The molecule has 0 saturated heterocycles. The molecule has 0 bridgehead atoms. The van der Waals surface area contributed by atoms with Gasteiger partial charge in [0.25, 0.3) is 0 Å². The van der Waals surface area contributed by atoms with Crippen LogP contribution >= 0.6 is 0 Å². The molecule has 4 N–H and O–H groups in total. The number of nitrogens with two attached hydrogens (primary N) is 1. The van der Waals surface area contributed by atoms with Crippen LogP contribution in [-0.4, -0.2) is 23.2 Å². The number of unbranched alkanes of at least 4 members (excludes halogenated alkanes) is 3. The number of hydrogen-bond acceptors (Lipinski definition) is 4. The smallest absolute Gasteiger partial charge is 0.0547 e. The second kappa shape index (κ2) is 7.06. The van der Waals surface area contributed by atoms with E-state index >= 15 is 0 Å². The number of nitrogens with zero attached hydrogens (tertiary/aromatic N) is 1. The molecule has 4 heteroatoms. The zero-order valence-electron chi connectivity index (χ0n) is 8.95. The summed E-state index contributed by atoms with van der Waals surface area (Å²) < 4.78 is 0. The van der Waals surface area contributed by atoms with Gasteiger partial charge in [0.1, 0.15) is 0 Å². The summed E-state index contributed by atoms with van der Waals surface area (Å²) in [4.78, 5) is 3.99. The van der Waals surface area contributed by atoms with Crippen molar-refractivity contribution in [3.8, 4) is 0 Å². The fourth-order valence-electron chi connectivity index (χ4n) is 1.38. The molecule has 0 aliphatic rings. The highest BCUT2D eigenvalue weighted by molar-refractivity contribution is 5.51. The van der Waals surface area contributed by atoms with Crippen LogP contribution in [-0.2, 0) is 0 Å². The van der Waals surface area contributed by atoms with Gasteiger partial charge < -0.3 is 16.2 Å². The minimum Gasteiger partial charge on any atom is -0.397 e. The Labute approximate surface area is 90.5 Å². The van der Waals surface area contributed by atoms with Gasteiger partial charge in [-0.3, -0.25) is 4.98 Å². The molecule has 0 unspecified atom stereocenters. The highest BCUT2D eigenvalue weighted by Crippen LogP contribution is 2.09. The van der Waals surface area contributed by atoms with Crippen molar-refractivity contribution in [2.45, 2.75) is 25.7 Å². The van der Waals surface area contributed by atoms with E-state index in [9.17, 15) is 0 Å². The highest BCUT2D eigenvalue weighted by atomic mass is 16.2. The van der Waals surface area contributed by atoms with Gasteiger partial charge >= 0.3 is 0 Å². The summed E-state index contributed by atoms with van der Waals surface area (Å²) in [5.74, 6) is 0. The lowest BCUT2D eigenvalue weighted by Gasteiger charge is -2.05. The second-order valence-electron chi connectivity index (χ2n) is 3.57. The van der Waals surface area contributed by atoms with Crippen molar-refractivity contribution in [1.82, 2.24) is 4.98 Å². The normalized spacial score (nSPS) is 10.2. The van der Waals surface area contributed by atoms with E-state index in [2.05, 4.69) is 10.3 Å². The fraction of sp³-hybridized carbons (Fsp3) is 0.545. The quantitative estimate of drug-likeness (QED) is 0.597. The molecule has 1 aromatic rings. The van der Waals surface area contributed by atoms with Gasteiger partial charge in [0.15, 0.2) is 0 Å². The first kappa shape index (κ1) is 11.8. The number of rotatable bonds is 7. The summed E-state index contributed by atoms with van der Waals surface area (Å²) in [5, 5.41) is 11.9. The lowest BCUT2D eigenvalue weighted by atomic mass is 10.2. The van der Waals surface area contributed by atoms with Gasteiger partial charge in [0, 0.05) is 19.3 Å². The van der Waals surface area contributed by atoms with Crippen molar-refractivity contribution in [2.75, 3.05) is 24.2 Å². The van der Waals surface area contributed by atoms with Gasteiger partial charge in [-0.05, 0) is 18.9 Å². The molecule has 0 atom stereocenters. The maximum atomic E-state index is 8.59. The predicted octanol–water partition coefficient (Wildman–Crippen LogP) is 1.63. The Kier molecular flexibility index (Phi) is 5.55. The number of aliphatic hydroxyl groups excluding tert-OH is 1. The molecule has 0 spiro atoms. The average Bonchev–Trinajstić information content (AvgIpc) is 2.23. The van der Waals surface area contributed by atoms with E-state index in [-0.39, 0.29) is 0 Å². The lowest BCUT2D eigenvalue weighted by molar-refractivity contribution is 0.283.